The summed E-state index contributed by atoms with van der Waals surface area (Å²) in [6.07, 6.45) is 2.09. The first kappa shape index (κ1) is 17.8. The van der Waals surface area contributed by atoms with Gasteiger partial charge in [-0.05, 0) is 23.3 Å². The van der Waals surface area contributed by atoms with Crippen LogP contribution in [0.2, 0.25) is 0 Å². The molecule has 0 spiro atoms. The van der Waals surface area contributed by atoms with Crippen LogP contribution in [0.5, 0.6) is 0 Å². The molecule has 4 heteroatoms. The summed E-state index contributed by atoms with van der Waals surface area (Å²) in [4.78, 5) is 2.26. The maximum Gasteiger partial charge on any atom is 0.158 e. The Bertz CT molecular complexity index is 984. The van der Waals surface area contributed by atoms with Crippen molar-refractivity contribution in [3.63, 3.8) is 0 Å². The van der Waals surface area contributed by atoms with Crippen LogP contribution < -0.4 is 0 Å². The smallest absolute Gasteiger partial charge is 0.158 e. The highest BCUT2D eigenvalue weighted by Crippen LogP contribution is 2.24. The Morgan fingerprint density at radius 1 is 0.741 bits per heavy atom. The molecule has 0 unspecified atom stereocenters. The topological polar surface area (TPSA) is 8.17 Å². The molecule has 0 bridgehead atoms. The van der Waals surface area contributed by atoms with Gasteiger partial charge < -0.3 is 4.90 Å². The zero-order valence-corrected chi connectivity index (χ0v) is 16.5. The monoisotopic (exact) mass is 388 g/mol. The zero-order valence-electron chi connectivity index (χ0n) is 14.9. The summed E-state index contributed by atoms with van der Waals surface area (Å²) in [6, 6.07) is 31.5. The number of benzene rings is 3. The van der Waals surface area contributed by atoms with E-state index < -0.39 is 0 Å². The molecule has 0 aliphatic rings. The molecule has 0 radical (unpaired) electrons. The van der Waals surface area contributed by atoms with E-state index in [-0.39, 0.29) is 0 Å². The second kappa shape index (κ2) is 8.42. The van der Waals surface area contributed by atoms with Crippen LogP contribution in [0.15, 0.2) is 97.2 Å². The first-order valence-corrected chi connectivity index (χ1v) is 10.1. The lowest BCUT2D eigenvalue weighted by Gasteiger charge is -2.25. The molecular formula is C23H20N2S2. The number of fused-ring (bicyclic) bond motifs is 1. The molecule has 134 valence electrons. The van der Waals surface area contributed by atoms with Crippen molar-refractivity contribution in [2.45, 2.75) is 13.1 Å². The molecule has 1 heterocycles. The minimum Gasteiger partial charge on any atom is -0.347 e. The summed E-state index contributed by atoms with van der Waals surface area (Å²) in [5, 5.41) is 1.23. The van der Waals surface area contributed by atoms with E-state index in [1.807, 2.05) is 12.1 Å². The van der Waals surface area contributed by atoms with Crippen molar-refractivity contribution >= 4 is 39.4 Å². The van der Waals surface area contributed by atoms with Gasteiger partial charge in [-0.25, -0.2) is 0 Å². The largest absolute Gasteiger partial charge is 0.347 e. The van der Waals surface area contributed by atoms with E-state index in [1.165, 1.54) is 22.0 Å². The van der Waals surface area contributed by atoms with Gasteiger partial charge in [0, 0.05) is 36.6 Å². The number of hydrogen-bond acceptors (Lipinski definition) is 2. The van der Waals surface area contributed by atoms with Gasteiger partial charge in [0.25, 0.3) is 0 Å². The second-order valence-corrected chi connectivity index (χ2v) is 7.99. The minimum atomic E-state index is 0.792. The Hall–Kier alpha value is -2.56. The number of hydrogen-bond donors (Lipinski definition) is 0. The number of nitrogens with zero attached hydrogens (tertiary/aromatic N) is 2. The van der Waals surface area contributed by atoms with E-state index in [4.69, 9.17) is 12.2 Å². The highest BCUT2D eigenvalue weighted by molar-refractivity contribution is 8.22. The van der Waals surface area contributed by atoms with Gasteiger partial charge in [-0.3, -0.25) is 3.97 Å². The van der Waals surface area contributed by atoms with E-state index in [9.17, 15) is 0 Å². The van der Waals surface area contributed by atoms with Crippen LogP contribution in [-0.2, 0) is 13.1 Å². The Morgan fingerprint density at radius 3 is 1.93 bits per heavy atom. The van der Waals surface area contributed by atoms with Gasteiger partial charge in [-0.15, -0.1) is 0 Å². The van der Waals surface area contributed by atoms with Gasteiger partial charge in [0.15, 0.2) is 4.32 Å². The van der Waals surface area contributed by atoms with Gasteiger partial charge in [0.05, 0.1) is 5.52 Å². The lowest BCUT2D eigenvalue weighted by atomic mass is 10.2. The molecule has 0 fully saturated rings. The van der Waals surface area contributed by atoms with Crippen molar-refractivity contribution in [1.29, 1.82) is 0 Å². The first-order valence-electron chi connectivity index (χ1n) is 8.91. The summed E-state index contributed by atoms with van der Waals surface area (Å²) in [5.74, 6) is 0. The summed E-state index contributed by atoms with van der Waals surface area (Å²) in [6.45, 7) is 1.58. The van der Waals surface area contributed by atoms with Crippen molar-refractivity contribution in [1.82, 2.24) is 8.87 Å². The van der Waals surface area contributed by atoms with E-state index >= 15 is 0 Å². The maximum atomic E-state index is 5.85. The van der Waals surface area contributed by atoms with Gasteiger partial charge in [0.2, 0.25) is 0 Å². The highest BCUT2D eigenvalue weighted by Gasteiger charge is 2.14. The summed E-state index contributed by atoms with van der Waals surface area (Å²) < 4.78 is 3.02. The summed E-state index contributed by atoms with van der Waals surface area (Å²) in [7, 11) is 0. The van der Waals surface area contributed by atoms with Crippen molar-refractivity contribution in [3.8, 4) is 0 Å². The molecule has 3 aromatic carbocycles. The fraction of sp³-hybridized carbons (Fsp3) is 0.0870. The predicted molar refractivity (Wildman–Crippen MR) is 120 cm³/mol. The van der Waals surface area contributed by atoms with E-state index in [1.54, 1.807) is 11.9 Å². The molecular weight excluding hydrogens is 368 g/mol. The Kier molecular flexibility index (Phi) is 5.56. The van der Waals surface area contributed by atoms with Gasteiger partial charge in [-0.2, -0.15) is 0 Å². The summed E-state index contributed by atoms with van der Waals surface area (Å²) in [5.41, 5.74) is 3.70. The fourth-order valence-electron chi connectivity index (χ4n) is 3.07. The molecule has 0 atom stereocenters. The van der Waals surface area contributed by atoms with E-state index in [2.05, 4.69) is 93.9 Å². The molecule has 2 nitrogen and oxygen atoms in total. The minimum absolute atomic E-state index is 0.792. The normalized spacial score (nSPS) is 10.8. The van der Waals surface area contributed by atoms with Gasteiger partial charge >= 0.3 is 0 Å². The average molecular weight is 389 g/mol. The van der Waals surface area contributed by atoms with Crippen molar-refractivity contribution in [3.05, 3.63) is 108 Å². The van der Waals surface area contributed by atoms with Gasteiger partial charge in [0.1, 0.15) is 0 Å². The van der Waals surface area contributed by atoms with Crippen molar-refractivity contribution < 1.29 is 0 Å². The lowest BCUT2D eigenvalue weighted by Crippen LogP contribution is -2.27. The van der Waals surface area contributed by atoms with Crippen LogP contribution in [0.25, 0.3) is 10.9 Å². The van der Waals surface area contributed by atoms with Crippen LogP contribution in [0.3, 0.4) is 0 Å². The fourth-order valence-corrected chi connectivity index (χ4v) is 4.24. The predicted octanol–water partition coefficient (Wildman–Crippen LogP) is 6.12. The van der Waals surface area contributed by atoms with Crippen molar-refractivity contribution in [2.24, 2.45) is 0 Å². The molecule has 4 rings (SSSR count). The standard InChI is InChI=1S/C23H20N2S2/c26-23(27-25-16-15-21-13-7-8-14-22(21)25)24(17-19-9-3-1-4-10-19)18-20-11-5-2-6-12-20/h1-16H,17-18H2. The van der Waals surface area contributed by atoms with E-state index in [0.717, 1.165) is 17.4 Å². The van der Waals surface area contributed by atoms with Crippen LogP contribution >= 0.6 is 24.2 Å². The second-order valence-electron chi connectivity index (χ2n) is 6.38. The molecule has 0 aliphatic heterocycles. The SMILES string of the molecule is S=C(Sn1ccc2ccccc21)N(Cc1ccccc1)Cc1ccccc1. The first-order chi connectivity index (χ1) is 13.3. The molecule has 0 amide bonds. The van der Waals surface area contributed by atoms with Crippen molar-refractivity contribution in [2.75, 3.05) is 0 Å². The molecule has 4 aromatic rings. The lowest BCUT2D eigenvalue weighted by molar-refractivity contribution is 0.421. The third-order valence-corrected chi connectivity index (χ3v) is 5.84. The Morgan fingerprint density at radius 2 is 1.30 bits per heavy atom. The maximum absolute atomic E-state index is 5.85. The van der Waals surface area contributed by atoms with Crippen LogP contribution in [-0.4, -0.2) is 13.2 Å². The molecule has 27 heavy (non-hydrogen) atoms. The third-order valence-electron chi connectivity index (χ3n) is 4.43. The van der Waals surface area contributed by atoms with Crippen LogP contribution in [0.4, 0.5) is 0 Å². The zero-order chi connectivity index (χ0) is 18.5. The van der Waals surface area contributed by atoms with Crippen LogP contribution in [0.1, 0.15) is 11.1 Å². The molecule has 1 aromatic heterocycles. The van der Waals surface area contributed by atoms with Gasteiger partial charge in [-0.1, -0.05) is 91.1 Å². The Balaban J connectivity index is 1.57. The number of para-hydroxylation sites is 1. The Labute approximate surface area is 169 Å². The number of aromatic nitrogens is 1. The quantitative estimate of drug-likeness (QED) is 0.381. The molecule has 0 saturated heterocycles. The molecule has 0 saturated carbocycles. The number of thiocarbonyl (C=S) groups is 1. The third kappa shape index (κ3) is 4.41. The average Bonchev–Trinajstić information content (AvgIpc) is 3.12. The van der Waals surface area contributed by atoms with Crippen LogP contribution in [0, 0.1) is 0 Å². The highest BCUT2D eigenvalue weighted by atomic mass is 32.2. The van der Waals surface area contributed by atoms with E-state index in [0.29, 0.717) is 0 Å². The number of rotatable bonds is 5. The summed E-state index contributed by atoms with van der Waals surface area (Å²) >= 11 is 7.45. The molecule has 0 N–H and O–H groups in total. The molecule has 0 aliphatic carbocycles.